The number of nitrogens with one attached hydrogen (secondary N) is 2. The third-order valence-electron chi connectivity index (χ3n) is 3.19. The van der Waals surface area contributed by atoms with Gasteiger partial charge in [-0.15, -0.1) is 0 Å². The highest BCUT2D eigenvalue weighted by Gasteiger charge is 2.03. The van der Waals surface area contributed by atoms with Crippen LogP contribution >= 0.6 is 0 Å². The molecule has 0 fully saturated rings. The molecule has 1 heterocycles. The Bertz CT molecular complexity index is 557. The monoisotopic (exact) mass is 285 g/mol. The Morgan fingerprint density at radius 1 is 1.14 bits per heavy atom. The van der Waals surface area contributed by atoms with E-state index < -0.39 is 0 Å². The van der Waals surface area contributed by atoms with Gasteiger partial charge < -0.3 is 15.4 Å². The van der Waals surface area contributed by atoms with Gasteiger partial charge in [-0.1, -0.05) is 25.1 Å². The summed E-state index contributed by atoms with van der Waals surface area (Å²) in [5, 5.41) is 6.79. The Labute approximate surface area is 126 Å². The van der Waals surface area contributed by atoms with Gasteiger partial charge >= 0.3 is 0 Å². The van der Waals surface area contributed by atoms with Gasteiger partial charge in [0.1, 0.15) is 0 Å². The predicted molar refractivity (Wildman–Crippen MR) is 88.3 cm³/mol. The zero-order valence-corrected chi connectivity index (χ0v) is 12.7. The van der Waals surface area contributed by atoms with Crippen LogP contribution in [0.5, 0.6) is 0 Å². The van der Waals surface area contributed by atoms with Crippen LogP contribution < -0.4 is 10.6 Å². The molecule has 0 bridgehead atoms. The van der Waals surface area contributed by atoms with E-state index in [9.17, 15) is 0 Å². The lowest BCUT2D eigenvalue weighted by Crippen LogP contribution is -2.02. The van der Waals surface area contributed by atoms with Crippen molar-refractivity contribution < 1.29 is 4.74 Å². The number of aromatic nitrogens is 1. The van der Waals surface area contributed by atoms with Crippen molar-refractivity contribution >= 4 is 17.1 Å². The number of ether oxygens (including phenoxy) is 1. The van der Waals surface area contributed by atoms with Crippen LogP contribution in [0.25, 0.3) is 0 Å². The largest absolute Gasteiger partial charge is 0.384 e. The lowest BCUT2D eigenvalue weighted by Gasteiger charge is -2.13. The van der Waals surface area contributed by atoms with Gasteiger partial charge in [-0.25, -0.2) is 0 Å². The van der Waals surface area contributed by atoms with E-state index in [1.165, 1.54) is 5.56 Å². The number of para-hydroxylation sites is 1. The Kier molecular flexibility index (Phi) is 6.03. The fourth-order valence-corrected chi connectivity index (χ4v) is 2.10. The molecule has 0 unspecified atom stereocenters. The summed E-state index contributed by atoms with van der Waals surface area (Å²) in [6.45, 7) is 3.82. The van der Waals surface area contributed by atoms with Crippen LogP contribution in [-0.4, -0.2) is 25.2 Å². The molecule has 0 saturated heterocycles. The fourth-order valence-electron chi connectivity index (χ4n) is 2.10. The molecular weight excluding hydrogens is 262 g/mol. The molecule has 1 aromatic heterocycles. The van der Waals surface area contributed by atoms with E-state index in [1.54, 1.807) is 7.11 Å². The number of benzene rings is 1. The van der Waals surface area contributed by atoms with Gasteiger partial charge in [0.05, 0.1) is 30.4 Å². The first-order valence-corrected chi connectivity index (χ1v) is 7.36. The third-order valence-corrected chi connectivity index (χ3v) is 3.19. The summed E-state index contributed by atoms with van der Waals surface area (Å²) in [6, 6.07) is 10.4. The molecule has 0 amide bonds. The maximum absolute atomic E-state index is 5.16. The van der Waals surface area contributed by atoms with Crippen molar-refractivity contribution in [3.8, 4) is 0 Å². The maximum atomic E-state index is 5.16. The van der Waals surface area contributed by atoms with Crippen molar-refractivity contribution in [3.63, 3.8) is 0 Å². The van der Waals surface area contributed by atoms with Crippen molar-refractivity contribution in [1.82, 2.24) is 4.98 Å². The van der Waals surface area contributed by atoms with Crippen LogP contribution in [0, 0.1) is 0 Å². The van der Waals surface area contributed by atoms with Crippen molar-refractivity contribution in [2.24, 2.45) is 0 Å². The lowest BCUT2D eigenvalue weighted by atomic mass is 10.1. The minimum absolute atomic E-state index is 0.717. The van der Waals surface area contributed by atoms with E-state index in [1.807, 2.05) is 24.5 Å². The second-order valence-electron chi connectivity index (χ2n) is 4.91. The molecule has 0 spiro atoms. The average Bonchev–Trinajstić information content (AvgIpc) is 2.52. The van der Waals surface area contributed by atoms with Gasteiger partial charge in [-0.2, -0.15) is 0 Å². The van der Waals surface area contributed by atoms with Crippen molar-refractivity contribution in [1.29, 1.82) is 0 Å². The molecule has 0 aliphatic heterocycles. The highest BCUT2D eigenvalue weighted by atomic mass is 16.5. The standard InChI is InChI=1S/C17H23N3O/c1-3-9-19-15-11-16(13-18-12-15)20-17-7-5-4-6-14(17)8-10-21-2/h4-7,11-13,19-20H,3,8-10H2,1-2H3. The van der Waals surface area contributed by atoms with Crippen LogP contribution in [0.1, 0.15) is 18.9 Å². The SMILES string of the molecule is CCCNc1cncc(Nc2ccccc2CCOC)c1. The maximum Gasteiger partial charge on any atom is 0.0591 e. The summed E-state index contributed by atoms with van der Waals surface area (Å²) in [7, 11) is 1.73. The molecule has 4 heteroatoms. The zero-order chi connectivity index (χ0) is 14.9. The first-order chi connectivity index (χ1) is 10.3. The number of rotatable bonds is 8. The first kappa shape index (κ1) is 15.3. The second kappa shape index (κ2) is 8.27. The molecule has 0 aliphatic carbocycles. The third kappa shape index (κ3) is 4.76. The highest BCUT2D eigenvalue weighted by Crippen LogP contribution is 2.22. The Morgan fingerprint density at radius 3 is 2.76 bits per heavy atom. The molecular formula is C17H23N3O. The number of pyridine rings is 1. The molecule has 1 aromatic carbocycles. The normalized spacial score (nSPS) is 10.4. The van der Waals surface area contributed by atoms with Gasteiger partial charge in [0, 0.05) is 19.3 Å². The van der Waals surface area contributed by atoms with E-state index in [0.717, 1.165) is 43.1 Å². The molecule has 2 aromatic rings. The molecule has 2 rings (SSSR count). The lowest BCUT2D eigenvalue weighted by molar-refractivity contribution is 0.202. The topological polar surface area (TPSA) is 46.2 Å². The van der Waals surface area contributed by atoms with Gasteiger partial charge in [0.2, 0.25) is 0 Å². The average molecular weight is 285 g/mol. The van der Waals surface area contributed by atoms with Gasteiger partial charge in [-0.05, 0) is 30.5 Å². The summed E-state index contributed by atoms with van der Waals surface area (Å²) >= 11 is 0. The number of anilines is 3. The van der Waals surface area contributed by atoms with E-state index in [-0.39, 0.29) is 0 Å². The molecule has 2 N–H and O–H groups in total. The van der Waals surface area contributed by atoms with E-state index in [0.29, 0.717) is 0 Å². The first-order valence-electron chi connectivity index (χ1n) is 7.36. The van der Waals surface area contributed by atoms with Crippen molar-refractivity contribution in [3.05, 3.63) is 48.3 Å². The summed E-state index contributed by atoms with van der Waals surface area (Å²) in [5.74, 6) is 0. The zero-order valence-electron chi connectivity index (χ0n) is 12.7. The van der Waals surface area contributed by atoms with Crippen molar-refractivity contribution in [2.45, 2.75) is 19.8 Å². The summed E-state index contributed by atoms with van der Waals surface area (Å²) in [6.07, 6.45) is 5.67. The summed E-state index contributed by atoms with van der Waals surface area (Å²) in [4.78, 5) is 4.28. The van der Waals surface area contributed by atoms with E-state index in [2.05, 4.69) is 40.7 Å². The van der Waals surface area contributed by atoms with Crippen LogP contribution in [-0.2, 0) is 11.2 Å². The van der Waals surface area contributed by atoms with Crippen LogP contribution in [0.3, 0.4) is 0 Å². The van der Waals surface area contributed by atoms with Gasteiger partial charge in [-0.3, -0.25) is 4.98 Å². The van der Waals surface area contributed by atoms with Crippen LogP contribution in [0.2, 0.25) is 0 Å². The van der Waals surface area contributed by atoms with Gasteiger partial charge in [0.25, 0.3) is 0 Å². The van der Waals surface area contributed by atoms with Gasteiger partial charge in [0.15, 0.2) is 0 Å². The predicted octanol–water partition coefficient (Wildman–Crippen LogP) is 3.84. The van der Waals surface area contributed by atoms with E-state index in [4.69, 9.17) is 4.74 Å². The Hall–Kier alpha value is -2.07. The fraction of sp³-hybridized carbons (Fsp3) is 0.353. The minimum Gasteiger partial charge on any atom is -0.384 e. The number of methoxy groups -OCH3 is 1. The molecule has 0 radical (unpaired) electrons. The minimum atomic E-state index is 0.717. The van der Waals surface area contributed by atoms with Crippen molar-refractivity contribution in [2.75, 3.05) is 30.9 Å². The summed E-state index contributed by atoms with van der Waals surface area (Å²) in [5.41, 5.74) is 4.37. The molecule has 112 valence electrons. The second-order valence-corrected chi connectivity index (χ2v) is 4.91. The number of hydrogen-bond donors (Lipinski definition) is 2. The molecule has 0 aliphatic rings. The molecule has 0 atom stereocenters. The van der Waals surface area contributed by atoms with E-state index >= 15 is 0 Å². The van der Waals surface area contributed by atoms with Crippen LogP contribution in [0.4, 0.5) is 17.1 Å². The number of hydrogen-bond acceptors (Lipinski definition) is 4. The molecule has 0 saturated carbocycles. The molecule has 4 nitrogen and oxygen atoms in total. The smallest absolute Gasteiger partial charge is 0.0591 e. The van der Waals surface area contributed by atoms with Crippen LogP contribution in [0.15, 0.2) is 42.7 Å². The Balaban J connectivity index is 2.10. The summed E-state index contributed by atoms with van der Waals surface area (Å²) < 4.78 is 5.16. The quantitative estimate of drug-likeness (QED) is 0.773. The molecule has 21 heavy (non-hydrogen) atoms. The Morgan fingerprint density at radius 2 is 1.95 bits per heavy atom. The number of nitrogens with zero attached hydrogens (tertiary/aromatic N) is 1. The highest BCUT2D eigenvalue weighted by molar-refractivity contribution is 5.65.